The lowest BCUT2D eigenvalue weighted by Gasteiger charge is -2.12. The molecule has 6 heteroatoms. The minimum Gasteiger partial charge on any atom is -0.497 e. The third kappa shape index (κ3) is 3.51. The van der Waals surface area contributed by atoms with Crippen LogP contribution in [0.3, 0.4) is 0 Å². The average Bonchev–Trinajstić information content (AvgIpc) is 2.39. The topological polar surface area (TPSA) is 44.5 Å². The highest BCUT2D eigenvalue weighted by Crippen LogP contribution is 2.36. The van der Waals surface area contributed by atoms with Crippen molar-refractivity contribution in [1.82, 2.24) is 0 Å². The zero-order valence-electron chi connectivity index (χ0n) is 10.6. The number of hydrogen-bond donors (Lipinski definition) is 1. The minimum absolute atomic E-state index is 0.307. The summed E-state index contributed by atoms with van der Waals surface area (Å²) >= 11 is 15.6. The maximum atomic E-state index is 6.07. The molecule has 0 amide bonds. The molecule has 2 rings (SSSR count). The second-order valence-corrected chi connectivity index (χ2v) is 5.73. The van der Waals surface area contributed by atoms with Gasteiger partial charge >= 0.3 is 0 Å². The van der Waals surface area contributed by atoms with Crippen molar-refractivity contribution in [2.45, 2.75) is 6.61 Å². The first-order chi connectivity index (χ1) is 9.51. The third-order valence-electron chi connectivity index (χ3n) is 2.65. The van der Waals surface area contributed by atoms with E-state index in [0.29, 0.717) is 28.1 Å². The predicted molar refractivity (Wildman–Crippen MR) is 85.9 cm³/mol. The van der Waals surface area contributed by atoms with E-state index < -0.39 is 0 Å². The molecule has 0 aliphatic rings. The van der Waals surface area contributed by atoms with Crippen molar-refractivity contribution >= 4 is 44.8 Å². The van der Waals surface area contributed by atoms with Crippen LogP contribution < -0.4 is 15.2 Å². The van der Waals surface area contributed by atoms with Gasteiger partial charge in [-0.15, -0.1) is 0 Å². The Balaban J connectivity index is 2.21. The number of benzene rings is 2. The van der Waals surface area contributed by atoms with E-state index in [1.165, 1.54) is 0 Å². The van der Waals surface area contributed by atoms with Crippen LogP contribution in [0.2, 0.25) is 10.0 Å². The van der Waals surface area contributed by atoms with Gasteiger partial charge in [0.1, 0.15) is 12.4 Å². The summed E-state index contributed by atoms with van der Waals surface area (Å²) < 4.78 is 11.8. The Kier molecular flexibility index (Phi) is 5.02. The number of halogens is 3. The smallest absolute Gasteiger partial charge is 0.157 e. The Morgan fingerprint density at radius 2 is 1.80 bits per heavy atom. The van der Waals surface area contributed by atoms with Crippen LogP contribution in [0.1, 0.15) is 5.56 Å². The molecule has 3 nitrogen and oxygen atoms in total. The number of methoxy groups -OCH3 is 1. The second kappa shape index (κ2) is 6.57. The van der Waals surface area contributed by atoms with Crippen molar-refractivity contribution in [2.24, 2.45) is 0 Å². The summed E-state index contributed by atoms with van der Waals surface area (Å²) in [5.41, 5.74) is 7.07. The van der Waals surface area contributed by atoms with Gasteiger partial charge in [-0.1, -0.05) is 39.1 Å². The lowest BCUT2D eigenvalue weighted by molar-refractivity contribution is 0.305. The largest absolute Gasteiger partial charge is 0.497 e. The van der Waals surface area contributed by atoms with E-state index in [4.69, 9.17) is 38.4 Å². The molecule has 0 aliphatic carbocycles. The summed E-state index contributed by atoms with van der Waals surface area (Å²) in [5.74, 6) is 1.17. The highest BCUT2D eigenvalue weighted by Gasteiger charge is 2.10. The van der Waals surface area contributed by atoms with Crippen LogP contribution in [0.15, 0.2) is 34.8 Å². The van der Waals surface area contributed by atoms with Gasteiger partial charge in [0.05, 0.1) is 17.2 Å². The molecule has 0 atom stereocenters. The molecular weight excluding hydrogens is 365 g/mol. The average molecular weight is 377 g/mol. The molecule has 0 aliphatic heterocycles. The van der Waals surface area contributed by atoms with Gasteiger partial charge in [-0.3, -0.25) is 0 Å². The maximum Gasteiger partial charge on any atom is 0.157 e. The van der Waals surface area contributed by atoms with Crippen LogP contribution in [0.25, 0.3) is 0 Å². The zero-order chi connectivity index (χ0) is 14.7. The fourth-order valence-electron chi connectivity index (χ4n) is 1.66. The Bertz CT molecular complexity index is 612. The molecule has 0 unspecified atom stereocenters. The van der Waals surface area contributed by atoms with Crippen LogP contribution in [0, 0.1) is 0 Å². The number of nitrogen functional groups attached to an aromatic ring is 1. The van der Waals surface area contributed by atoms with Crippen LogP contribution in [0.5, 0.6) is 11.5 Å². The molecule has 0 bridgehead atoms. The first-order valence-corrected chi connectivity index (χ1v) is 7.26. The van der Waals surface area contributed by atoms with Gasteiger partial charge in [-0.05, 0) is 30.3 Å². The second-order valence-electron chi connectivity index (χ2n) is 4.06. The van der Waals surface area contributed by atoms with Gasteiger partial charge in [-0.2, -0.15) is 0 Å². The molecule has 0 saturated carbocycles. The van der Waals surface area contributed by atoms with Crippen molar-refractivity contribution in [1.29, 1.82) is 0 Å². The van der Waals surface area contributed by atoms with Gasteiger partial charge in [-0.25, -0.2) is 0 Å². The molecule has 0 aromatic heterocycles. The molecule has 0 saturated heterocycles. The minimum atomic E-state index is 0.307. The fraction of sp³-hybridized carbons (Fsp3) is 0.143. The van der Waals surface area contributed by atoms with Crippen molar-refractivity contribution in [3.63, 3.8) is 0 Å². The van der Waals surface area contributed by atoms with E-state index in [-0.39, 0.29) is 0 Å². The lowest BCUT2D eigenvalue weighted by Crippen LogP contribution is -1.99. The highest BCUT2D eigenvalue weighted by molar-refractivity contribution is 9.10. The first kappa shape index (κ1) is 15.3. The summed E-state index contributed by atoms with van der Waals surface area (Å²) in [7, 11) is 1.61. The van der Waals surface area contributed by atoms with Gasteiger partial charge in [0, 0.05) is 15.7 Å². The summed E-state index contributed by atoms with van der Waals surface area (Å²) in [6.45, 7) is 0.307. The molecular formula is C14H12BrCl2NO2. The SMILES string of the molecule is COc1ccc(Br)c(COc2c(Cl)cc(N)cc2Cl)c1. The van der Waals surface area contributed by atoms with E-state index in [1.54, 1.807) is 19.2 Å². The van der Waals surface area contributed by atoms with Crippen LogP contribution >= 0.6 is 39.1 Å². The van der Waals surface area contributed by atoms with Gasteiger partial charge in [0.25, 0.3) is 0 Å². The summed E-state index contributed by atoms with van der Waals surface area (Å²) in [5, 5.41) is 0.767. The molecule has 0 radical (unpaired) electrons. The van der Waals surface area contributed by atoms with Gasteiger partial charge < -0.3 is 15.2 Å². The Hall–Kier alpha value is -1.10. The van der Waals surface area contributed by atoms with E-state index in [9.17, 15) is 0 Å². The quantitative estimate of drug-likeness (QED) is 0.769. The predicted octanol–water partition coefficient (Wildman–Crippen LogP) is 4.93. The van der Waals surface area contributed by atoms with Crippen molar-refractivity contribution in [3.05, 3.63) is 50.4 Å². The van der Waals surface area contributed by atoms with E-state index in [2.05, 4.69) is 15.9 Å². The fourth-order valence-corrected chi connectivity index (χ4v) is 2.63. The number of ether oxygens (including phenoxy) is 2. The monoisotopic (exact) mass is 375 g/mol. The number of anilines is 1. The number of hydrogen-bond acceptors (Lipinski definition) is 3. The van der Waals surface area contributed by atoms with E-state index >= 15 is 0 Å². The summed E-state index contributed by atoms with van der Waals surface area (Å²) in [6.07, 6.45) is 0. The van der Waals surface area contributed by atoms with Crippen molar-refractivity contribution in [2.75, 3.05) is 12.8 Å². The van der Waals surface area contributed by atoms with Crippen LogP contribution in [-0.4, -0.2) is 7.11 Å². The summed E-state index contributed by atoms with van der Waals surface area (Å²) in [4.78, 5) is 0. The first-order valence-electron chi connectivity index (χ1n) is 5.71. The number of rotatable bonds is 4. The summed E-state index contributed by atoms with van der Waals surface area (Å²) in [6, 6.07) is 8.83. The lowest BCUT2D eigenvalue weighted by atomic mass is 10.2. The van der Waals surface area contributed by atoms with E-state index in [0.717, 1.165) is 15.8 Å². The molecule has 20 heavy (non-hydrogen) atoms. The molecule has 2 aromatic carbocycles. The molecule has 0 heterocycles. The van der Waals surface area contributed by atoms with Gasteiger partial charge in [0.2, 0.25) is 0 Å². The number of nitrogens with two attached hydrogens (primary N) is 1. The molecule has 2 N–H and O–H groups in total. The molecule has 0 spiro atoms. The zero-order valence-corrected chi connectivity index (χ0v) is 13.7. The van der Waals surface area contributed by atoms with E-state index in [1.807, 2.05) is 18.2 Å². The molecule has 0 fully saturated rings. The molecule has 106 valence electrons. The highest BCUT2D eigenvalue weighted by atomic mass is 79.9. The third-order valence-corrected chi connectivity index (χ3v) is 3.98. The molecule has 2 aromatic rings. The van der Waals surface area contributed by atoms with Crippen LogP contribution in [0.4, 0.5) is 5.69 Å². The van der Waals surface area contributed by atoms with Crippen LogP contribution in [-0.2, 0) is 6.61 Å². The Morgan fingerprint density at radius 1 is 1.15 bits per heavy atom. The van der Waals surface area contributed by atoms with Crippen molar-refractivity contribution < 1.29 is 9.47 Å². The van der Waals surface area contributed by atoms with Crippen molar-refractivity contribution in [3.8, 4) is 11.5 Å². The van der Waals surface area contributed by atoms with Gasteiger partial charge in [0.15, 0.2) is 5.75 Å². The normalized spacial score (nSPS) is 10.4. The Morgan fingerprint density at radius 3 is 2.40 bits per heavy atom. The standard InChI is InChI=1S/C14H12BrCl2NO2/c1-19-10-2-3-11(15)8(4-10)7-20-14-12(16)5-9(18)6-13(14)17/h2-6H,7,18H2,1H3. The maximum absolute atomic E-state index is 6.07. The Labute approximate surface area is 135 Å².